The third-order valence-electron chi connectivity index (χ3n) is 3.94. The SMILES string of the molecule is Clc1c(Cl)c(Cl)c2c(nc3nc4nc5ccccc5[nH]c4nc32)c1Cl. The predicted octanol–water partition coefficient (Wildman–Crippen LogP) is 5.82. The van der Waals surface area contributed by atoms with Crippen LogP contribution in [0.25, 0.3) is 44.4 Å². The van der Waals surface area contributed by atoms with Gasteiger partial charge in [0.1, 0.15) is 5.52 Å². The van der Waals surface area contributed by atoms with E-state index < -0.39 is 0 Å². The Hall–Kier alpha value is -1.92. The van der Waals surface area contributed by atoms with Gasteiger partial charge in [-0.2, -0.15) is 0 Å². The van der Waals surface area contributed by atoms with Gasteiger partial charge in [0.15, 0.2) is 16.9 Å². The average Bonchev–Trinajstić information content (AvgIpc) is 2.99. The van der Waals surface area contributed by atoms with E-state index in [9.17, 15) is 0 Å². The van der Waals surface area contributed by atoms with Gasteiger partial charge in [0.25, 0.3) is 0 Å². The van der Waals surface area contributed by atoms with Crippen LogP contribution in [0.15, 0.2) is 24.3 Å². The van der Waals surface area contributed by atoms with E-state index in [-0.39, 0.29) is 20.1 Å². The van der Waals surface area contributed by atoms with Crippen LogP contribution in [-0.4, -0.2) is 24.9 Å². The molecule has 0 saturated heterocycles. The van der Waals surface area contributed by atoms with E-state index in [0.29, 0.717) is 33.4 Å². The van der Waals surface area contributed by atoms with Crippen LogP contribution < -0.4 is 0 Å². The lowest BCUT2D eigenvalue weighted by Crippen LogP contribution is -1.93. The molecular weight excluding hydrogens is 404 g/mol. The number of halogens is 4. The summed E-state index contributed by atoms with van der Waals surface area (Å²) in [6.07, 6.45) is 0. The Morgan fingerprint density at radius 1 is 0.680 bits per heavy atom. The number of para-hydroxylation sites is 2. The molecule has 0 saturated carbocycles. The summed E-state index contributed by atoms with van der Waals surface area (Å²) in [4.78, 5) is 21.2. The third kappa shape index (κ3) is 2.10. The molecule has 122 valence electrons. The van der Waals surface area contributed by atoms with Crippen LogP contribution in [0.5, 0.6) is 0 Å². The largest absolute Gasteiger partial charge is 0.335 e. The molecule has 0 aliphatic heterocycles. The van der Waals surface area contributed by atoms with Gasteiger partial charge in [0.05, 0.1) is 42.0 Å². The van der Waals surface area contributed by atoms with Crippen molar-refractivity contribution in [2.45, 2.75) is 0 Å². The molecule has 5 rings (SSSR count). The number of H-pyrrole nitrogens is 1. The Balaban J connectivity index is 2.00. The highest BCUT2D eigenvalue weighted by molar-refractivity contribution is 6.56. The van der Waals surface area contributed by atoms with Crippen molar-refractivity contribution in [3.05, 3.63) is 44.4 Å². The smallest absolute Gasteiger partial charge is 0.198 e. The van der Waals surface area contributed by atoms with Gasteiger partial charge in [-0.15, -0.1) is 0 Å². The second-order valence-corrected chi connectivity index (χ2v) is 6.93. The highest BCUT2D eigenvalue weighted by Gasteiger charge is 2.22. The van der Waals surface area contributed by atoms with Crippen molar-refractivity contribution in [1.29, 1.82) is 0 Å². The highest BCUT2D eigenvalue weighted by atomic mass is 35.5. The monoisotopic (exact) mass is 407 g/mol. The number of nitrogens with zero attached hydrogens (tertiary/aromatic N) is 4. The first-order valence-electron chi connectivity index (χ1n) is 7.12. The molecule has 3 heterocycles. The lowest BCUT2D eigenvalue weighted by atomic mass is 10.2. The minimum absolute atomic E-state index is 0.156. The van der Waals surface area contributed by atoms with Crippen molar-refractivity contribution < 1.29 is 0 Å². The summed E-state index contributed by atoms with van der Waals surface area (Å²) in [5, 5.41) is 1.31. The maximum Gasteiger partial charge on any atom is 0.198 e. The van der Waals surface area contributed by atoms with E-state index in [0.717, 1.165) is 11.0 Å². The Labute approximate surface area is 159 Å². The molecule has 0 spiro atoms. The van der Waals surface area contributed by atoms with Gasteiger partial charge in [-0.1, -0.05) is 58.5 Å². The number of hydrogen-bond acceptors (Lipinski definition) is 4. The van der Waals surface area contributed by atoms with Crippen LogP contribution in [0.2, 0.25) is 20.1 Å². The second-order valence-electron chi connectivity index (χ2n) is 5.41. The molecule has 0 unspecified atom stereocenters. The van der Waals surface area contributed by atoms with E-state index in [4.69, 9.17) is 46.4 Å². The van der Waals surface area contributed by atoms with E-state index >= 15 is 0 Å². The topological polar surface area (TPSA) is 67.3 Å². The van der Waals surface area contributed by atoms with Gasteiger partial charge in [-0.05, 0) is 12.1 Å². The third-order valence-corrected chi connectivity index (χ3v) is 5.73. The number of fused-ring (bicyclic) bond motifs is 5. The predicted molar refractivity (Wildman–Crippen MR) is 102 cm³/mol. The number of benzene rings is 2. The molecule has 0 atom stereocenters. The molecule has 0 aliphatic carbocycles. The molecule has 0 aliphatic rings. The maximum absolute atomic E-state index is 6.36. The zero-order valence-corrected chi connectivity index (χ0v) is 15.1. The molecule has 25 heavy (non-hydrogen) atoms. The molecule has 5 aromatic rings. The maximum atomic E-state index is 6.36. The Morgan fingerprint density at radius 2 is 1.44 bits per heavy atom. The molecule has 3 aromatic heterocycles. The van der Waals surface area contributed by atoms with Crippen molar-refractivity contribution in [3.63, 3.8) is 0 Å². The molecule has 0 fully saturated rings. The molecular formula is C16H5Cl4N5. The van der Waals surface area contributed by atoms with E-state index in [1.54, 1.807) is 0 Å². The summed E-state index contributed by atoms with van der Waals surface area (Å²) in [6.45, 7) is 0. The van der Waals surface area contributed by atoms with Gasteiger partial charge in [0, 0.05) is 0 Å². The normalized spacial score (nSPS) is 12.0. The van der Waals surface area contributed by atoms with Crippen LogP contribution in [0.3, 0.4) is 0 Å². The van der Waals surface area contributed by atoms with Crippen molar-refractivity contribution in [2.75, 3.05) is 0 Å². The molecule has 9 heteroatoms. The van der Waals surface area contributed by atoms with Crippen LogP contribution in [-0.2, 0) is 0 Å². The van der Waals surface area contributed by atoms with Crippen molar-refractivity contribution in [3.8, 4) is 0 Å². The van der Waals surface area contributed by atoms with E-state index in [2.05, 4.69) is 24.9 Å². The molecule has 1 N–H and O–H groups in total. The minimum Gasteiger partial charge on any atom is -0.335 e. The Morgan fingerprint density at radius 3 is 2.28 bits per heavy atom. The number of nitrogens with one attached hydrogen (secondary N) is 1. The fraction of sp³-hybridized carbons (Fsp3) is 0. The highest BCUT2D eigenvalue weighted by Crippen LogP contribution is 2.44. The van der Waals surface area contributed by atoms with Crippen LogP contribution in [0.4, 0.5) is 0 Å². The van der Waals surface area contributed by atoms with Crippen LogP contribution >= 0.6 is 46.4 Å². The summed E-state index contributed by atoms with van der Waals surface area (Å²) < 4.78 is 0. The van der Waals surface area contributed by atoms with Gasteiger partial charge in [-0.3, -0.25) is 0 Å². The summed E-state index contributed by atoms with van der Waals surface area (Å²) in [7, 11) is 0. The summed E-state index contributed by atoms with van der Waals surface area (Å²) in [6, 6.07) is 7.62. The first-order valence-corrected chi connectivity index (χ1v) is 8.63. The molecule has 0 radical (unpaired) electrons. The number of hydrogen-bond donors (Lipinski definition) is 1. The minimum atomic E-state index is 0.156. The summed E-state index contributed by atoms with van der Waals surface area (Å²) in [5.74, 6) is 0. The van der Waals surface area contributed by atoms with Crippen molar-refractivity contribution in [2.24, 2.45) is 0 Å². The van der Waals surface area contributed by atoms with E-state index in [1.165, 1.54) is 0 Å². The first-order chi connectivity index (χ1) is 12.0. The number of aromatic nitrogens is 5. The molecule has 0 bridgehead atoms. The van der Waals surface area contributed by atoms with Crippen LogP contribution in [0.1, 0.15) is 0 Å². The molecule has 0 amide bonds. The fourth-order valence-corrected chi connectivity index (χ4v) is 3.77. The quantitative estimate of drug-likeness (QED) is 0.199. The second kappa shape index (κ2) is 5.29. The zero-order chi connectivity index (χ0) is 17.3. The zero-order valence-electron chi connectivity index (χ0n) is 12.1. The van der Waals surface area contributed by atoms with Gasteiger partial charge >= 0.3 is 0 Å². The van der Waals surface area contributed by atoms with Crippen molar-refractivity contribution >= 4 is 90.8 Å². The lowest BCUT2D eigenvalue weighted by molar-refractivity contribution is 1.25. The number of rotatable bonds is 0. The Bertz CT molecular complexity index is 1350. The van der Waals surface area contributed by atoms with Gasteiger partial charge in [-0.25, -0.2) is 19.9 Å². The lowest BCUT2D eigenvalue weighted by Gasteiger charge is -2.04. The average molecular weight is 409 g/mol. The van der Waals surface area contributed by atoms with Gasteiger partial charge in [0.2, 0.25) is 0 Å². The fourth-order valence-electron chi connectivity index (χ4n) is 2.79. The standard InChI is InChI=1S/C16H5Cl4N5/c17-8-7-12(11(20)10(19)9(8)18)23-14-13(7)24-15-16(25-14)22-6-4-2-1-3-5(6)21-15/h1-4H,(H,21,24). The van der Waals surface area contributed by atoms with Crippen LogP contribution in [0, 0.1) is 0 Å². The van der Waals surface area contributed by atoms with Gasteiger partial charge < -0.3 is 4.98 Å². The summed E-state index contributed by atoms with van der Waals surface area (Å²) in [5.41, 5.74) is 3.86. The van der Waals surface area contributed by atoms with Crippen molar-refractivity contribution in [1.82, 2.24) is 24.9 Å². The number of aromatic amines is 1. The summed E-state index contributed by atoms with van der Waals surface area (Å²) >= 11 is 24.9. The molecule has 5 nitrogen and oxygen atoms in total. The molecule has 2 aromatic carbocycles. The Kier molecular flexibility index (Phi) is 3.24. The first kappa shape index (κ1) is 15.3. The van der Waals surface area contributed by atoms with E-state index in [1.807, 2.05) is 24.3 Å².